The van der Waals surface area contributed by atoms with Crippen molar-refractivity contribution in [3.63, 3.8) is 0 Å². The van der Waals surface area contributed by atoms with Crippen molar-refractivity contribution < 1.29 is 19.1 Å². The second kappa shape index (κ2) is 10.2. The van der Waals surface area contributed by atoms with Crippen LogP contribution in [-0.4, -0.2) is 11.9 Å². The van der Waals surface area contributed by atoms with Gasteiger partial charge in [0.25, 0.3) is 0 Å². The Bertz CT molecular complexity index is 1010. The van der Waals surface area contributed by atoms with Gasteiger partial charge in [0.1, 0.15) is 13.2 Å². The quantitative estimate of drug-likeness (QED) is 0.353. The topological polar surface area (TPSA) is 52.6 Å². The summed E-state index contributed by atoms with van der Waals surface area (Å²) in [6.45, 7) is -0.195. The van der Waals surface area contributed by atoms with Crippen LogP contribution < -0.4 is 0 Å². The molecule has 0 aliphatic carbocycles. The fraction of sp³-hybridized carbons (Fsp3) is 0.0909. The molecule has 3 rings (SSSR count). The number of benzene rings is 3. The third kappa shape index (κ3) is 5.67. The Morgan fingerprint density at radius 3 is 1.43 bits per heavy atom. The van der Waals surface area contributed by atoms with Gasteiger partial charge in [0.15, 0.2) is 0 Å². The largest absolute Gasteiger partial charge is 0.457 e. The number of hydrogen-bond donors (Lipinski definition) is 0. The zero-order chi connectivity index (χ0) is 21.7. The molecule has 0 bridgehead atoms. The summed E-state index contributed by atoms with van der Waals surface area (Å²) in [6.07, 6.45) is 0. The molecule has 0 fully saturated rings. The van der Waals surface area contributed by atoms with Crippen molar-refractivity contribution in [2.24, 2.45) is 0 Å². The normalized spacial score (nSPS) is 10.5. The summed E-state index contributed by atoms with van der Waals surface area (Å²) in [5, 5.41) is 1.76. The lowest BCUT2D eigenvalue weighted by atomic mass is 10.1. The number of ether oxygens (including phenoxy) is 2. The Hall–Kier alpha value is -2.24. The van der Waals surface area contributed by atoms with Gasteiger partial charge in [-0.15, -0.1) is 0 Å². The minimum Gasteiger partial charge on any atom is -0.457 e. The van der Waals surface area contributed by atoms with Gasteiger partial charge in [0, 0.05) is 31.2 Å². The molecule has 0 spiro atoms. The molecule has 0 aliphatic heterocycles. The smallest absolute Gasteiger partial charge is 0.339 e. The van der Waals surface area contributed by atoms with Gasteiger partial charge in [-0.1, -0.05) is 58.5 Å². The van der Waals surface area contributed by atoms with Gasteiger partial charge < -0.3 is 9.47 Å². The first-order valence-electron chi connectivity index (χ1n) is 8.66. The average molecular weight is 484 g/mol. The van der Waals surface area contributed by atoms with Crippen molar-refractivity contribution >= 4 is 58.3 Å². The number of hydrogen-bond acceptors (Lipinski definition) is 4. The van der Waals surface area contributed by atoms with E-state index in [9.17, 15) is 9.59 Å². The van der Waals surface area contributed by atoms with Gasteiger partial charge in [0.2, 0.25) is 0 Å². The van der Waals surface area contributed by atoms with E-state index in [1.165, 1.54) is 12.1 Å². The molecule has 0 aromatic heterocycles. The monoisotopic (exact) mass is 482 g/mol. The second-order valence-corrected chi connectivity index (χ2v) is 7.86. The first-order chi connectivity index (χ1) is 14.3. The molecule has 4 nitrogen and oxygen atoms in total. The van der Waals surface area contributed by atoms with Crippen molar-refractivity contribution in [1.82, 2.24) is 0 Å². The number of halogens is 4. The van der Waals surface area contributed by atoms with Crippen molar-refractivity contribution in [1.29, 1.82) is 0 Å². The minimum atomic E-state index is -0.695. The number of carbonyl (C=O) groups is 2. The Balaban J connectivity index is 1.71. The van der Waals surface area contributed by atoms with Crippen LogP contribution in [-0.2, 0) is 22.7 Å². The van der Waals surface area contributed by atoms with Crippen molar-refractivity contribution in [3.8, 4) is 0 Å². The first-order valence-corrected chi connectivity index (χ1v) is 10.2. The van der Waals surface area contributed by atoms with E-state index in [0.717, 1.165) is 0 Å². The van der Waals surface area contributed by atoms with Gasteiger partial charge in [-0.25, -0.2) is 9.59 Å². The zero-order valence-corrected chi connectivity index (χ0v) is 18.4. The Morgan fingerprint density at radius 1 is 0.633 bits per heavy atom. The fourth-order valence-electron chi connectivity index (χ4n) is 2.59. The Kier molecular flexibility index (Phi) is 7.62. The summed E-state index contributed by atoms with van der Waals surface area (Å²) in [4.78, 5) is 25.1. The van der Waals surface area contributed by atoms with Crippen LogP contribution in [0.5, 0.6) is 0 Å². The van der Waals surface area contributed by atoms with E-state index >= 15 is 0 Å². The predicted molar refractivity (Wildman–Crippen MR) is 118 cm³/mol. The third-order valence-electron chi connectivity index (χ3n) is 4.10. The van der Waals surface area contributed by atoms with E-state index in [4.69, 9.17) is 55.9 Å². The molecular weight excluding hydrogens is 470 g/mol. The molecule has 154 valence electrons. The lowest BCUT2D eigenvalue weighted by Crippen LogP contribution is -2.14. The molecule has 0 unspecified atom stereocenters. The molecule has 0 saturated carbocycles. The summed E-state index contributed by atoms with van der Waals surface area (Å²) in [7, 11) is 0. The summed E-state index contributed by atoms with van der Waals surface area (Å²) >= 11 is 24.1. The highest BCUT2D eigenvalue weighted by Crippen LogP contribution is 2.24. The van der Waals surface area contributed by atoms with Crippen LogP contribution in [0.1, 0.15) is 31.8 Å². The van der Waals surface area contributed by atoms with Crippen LogP contribution in [0.4, 0.5) is 0 Å². The molecule has 0 aliphatic rings. The van der Waals surface area contributed by atoms with E-state index in [0.29, 0.717) is 31.2 Å². The molecule has 30 heavy (non-hydrogen) atoms. The van der Waals surface area contributed by atoms with Gasteiger partial charge >= 0.3 is 11.9 Å². The standard InChI is InChI=1S/C22H14Cl4O4/c23-15-5-7-19(25)13(9-15)11-29-21(27)17-3-1-2-4-18(17)22(28)30-12-14-10-16(24)6-8-20(14)26/h1-10H,11-12H2. The van der Waals surface area contributed by atoms with Crippen LogP contribution in [0, 0.1) is 0 Å². The number of rotatable bonds is 6. The lowest BCUT2D eigenvalue weighted by molar-refractivity contribution is 0.0425. The highest BCUT2D eigenvalue weighted by atomic mass is 35.5. The van der Waals surface area contributed by atoms with Gasteiger partial charge in [-0.3, -0.25) is 0 Å². The van der Waals surface area contributed by atoms with E-state index in [2.05, 4.69) is 0 Å². The lowest BCUT2D eigenvalue weighted by Gasteiger charge is -2.11. The first kappa shape index (κ1) is 22.4. The maximum absolute atomic E-state index is 12.6. The molecule has 0 atom stereocenters. The SMILES string of the molecule is O=C(OCc1cc(Cl)ccc1Cl)c1ccccc1C(=O)OCc1cc(Cl)ccc1Cl. The Labute approximate surface area is 193 Å². The summed E-state index contributed by atoms with van der Waals surface area (Å²) in [5.41, 5.74) is 1.23. The van der Waals surface area contributed by atoms with Crippen molar-refractivity contribution in [2.45, 2.75) is 13.2 Å². The molecule has 8 heteroatoms. The fourth-order valence-corrected chi connectivity index (χ4v) is 3.32. The van der Waals surface area contributed by atoms with E-state index in [1.54, 1.807) is 48.5 Å². The summed E-state index contributed by atoms with van der Waals surface area (Å²) in [6, 6.07) is 15.9. The second-order valence-electron chi connectivity index (χ2n) is 6.17. The number of carbonyl (C=O) groups excluding carboxylic acids is 2. The van der Waals surface area contributed by atoms with Gasteiger partial charge in [0.05, 0.1) is 11.1 Å². The summed E-state index contributed by atoms with van der Waals surface area (Å²) in [5.74, 6) is -1.39. The van der Waals surface area contributed by atoms with Crippen LogP contribution in [0.2, 0.25) is 20.1 Å². The summed E-state index contributed by atoms with van der Waals surface area (Å²) < 4.78 is 10.6. The van der Waals surface area contributed by atoms with Crippen LogP contribution in [0.25, 0.3) is 0 Å². The molecule has 3 aromatic carbocycles. The third-order valence-corrected chi connectivity index (χ3v) is 5.31. The molecule has 3 aromatic rings. The van der Waals surface area contributed by atoms with Gasteiger partial charge in [-0.2, -0.15) is 0 Å². The van der Waals surface area contributed by atoms with E-state index in [-0.39, 0.29) is 24.3 Å². The molecule has 0 saturated heterocycles. The van der Waals surface area contributed by atoms with Crippen LogP contribution in [0.15, 0.2) is 60.7 Å². The molecule has 0 N–H and O–H groups in total. The maximum atomic E-state index is 12.6. The molecule has 0 amide bonds. The molecular formula is C22H14Cl4O4. The van der Waals surface area contributed by atoms with Crippen molar-refractivity contribution in [3.05, 3.63) is 103 Å². The minimum absolute atomic E-state index is 0.0674. The number of esters is 2. The highest BCUT2D eigenvalue weighted by Gasteiger charge is 2.20. The zero-order valence-electron chi connectivity index (χ0n) is 15.3. The average Bonchev–Trinajstić information content (AvgIpc) is 2.74. The van der Waals surface area contributed by atoms with Gasteiger partial charge in [-0.05, 0) is 48.5 Å². The molecule has 0 heterocycles. The maximum Gasteiger partial charge on any atom is 0.339 e. The van der Waals surface area contributed by atoms with E-state index < -0.39 is 11.9 Å². The highest BCUT2D eigenvalue weighted by molar-refractivity contribution is 6.34. The van der Waals surface area contributed by atoms with E-state index in [1.807, 2.05) is 0 Å². The van der Waals surface area contributed by atoms with Crippen molar-refractivity contribution in [2.75, 3.05) is 0 Å². The van der Waals surface area contributed by atoms with Crippen LogP contribution >= 0.6 is 46.4 Å². The van der Waals surface area contributed by atoms with Crippen LogP contribution in [0.3, 0.4) is 0 Å². The Morgan fingerprint density at radius 2 is 1.03 bits per heavy atom. The predicted octanol–water partition coefficient (Wildman–Crippen LogP) is 7.01. The molecule has 0 radical (unpaired) electrons.